The molecule has 0 bridgehead atoms. The van der Waals surface area contributed by atoms with Gasteiger partial charge >= 0.3 is 0 Å². The SMILES string of the molecule is CC1(C)CC(Nc2cccs2)CN1. The van der Waals surface area contributed by atoms with Crippen LogP contribution in [0.5, 0.6) is 0 Å². The van der Waals surface area contributed by atoms with Gasteiger partial charge in [0.1, 0.15) is 0 Å². The van der Waals surface area contributed by atoms with Gasteiger partial charge in [-0.15, -0.1) is 11.3 Å². The summed E-state index contributed by atoms with van der Waals surface area (Å²) in [6.45, 7) is 5.58. The van der Waals surface area contributed by atoms with Crippen LogP contribution in [0.3, 0.4) is 0 Å². The van der Waals surface area contributed by atoms with Crippen LogP contribution in [0.1, 0.15) is 20.3 Å². The van der Waals surface area contributed by atoms with E-state index in [-0.39, 0.29) is 0 Å². The zero-order valence-corrected chi connectivity index (χ0v) is 8.95. The van der Waals surface area contributed by atoms with Crippen molar-refractivity contribution in [1.82, 2.24) is 5.32 Å². The highest BCUT2D eigenvalue weighted by Gasteiger charge is 2.29. The molecule has 0 aromatic carbocycles. The van der Waals surface area contributed by atoms with Crippen LogP contribution in [0.15, 0.2) is 17.5 Å². The van der Waals surface area contributed by atoms with E-state index in [1.807, 2.05) is 0 Å². The minimum atomic E-state index is 0.301. The summed E-state index contributed by atoms with van der Waals surface area (Å²) in [7, 11) is 0. The lowest BCUT2D eigenvalue weighted by atomic mass is 10.0. The van der Waals surface area contributed by atoms with Crippen LogP contribution < -0.4 is 10.6 Å². The molecule has 2 nitrogen and oxygen atoms in total. The largest absolute Gasteiger partial charge is 0.373 e. The van der Waals surface area contributed by atoms with Crippen molar-refractivity contribution >= 4 is 16.3 Å². The predicted molar refractivity (Wildman–Crippen MR) is 58.4 cm³/mol. The lowest BCUT2D eigenvalue weighted by Crippen LogP contribution is -2.31. The minimum absolute atomic E-state index is 0.301. The third kappa shape index (κ3) is 2.23. The van der Waals surface area contributed by atoms with Gasteiger partial charge in [-0.25, -0.2) is 0 Å². The van der Waals surface area contributed by atoms with Gasteiger partial charge in [0.15, 0.2) is 0 Å². The van der Waals surface area contributed by atoms with E-state index in [0.717, 1.165) is 6.54 Å². The summed E-state index contributed by atoms with van der Waals surface area (Å²) < 4.78 is 0. The standard InChI is InChI=1S/C10H16N2S/c1-10(2)6-8(7-11-10)12-9-4-3-5-13-9/h3-5,8,11-12H,6-7H2,1-2H3. The highest BCUT2D eigenvalue weighted by Crippen LogP contribution is 2.23. The van der Waals surface area contributed by atoms with Crippen LogP contribution >= 0.6 is 11.3 Å². The fourth-order valence-electron chi connectivity index (χ4n) is 1.82. The Morgan fingerprint density at radius 1 is 1.62 bits per heavy atom. The number of hydrogen-bond acceptors (Lipinski definition) is 3. The lowest BCUT2D eigenvalue weighted by Gasteiger charge is -2.17. The zero-order chi connectivity index (χ0) is 9.31. The molecular weight excluding hydrogens is 180 g/mol. The molecule has 72 valence electrons. The van der Waals surface area contributed by atoms with Crippen molar-refractivity contribution in [2.75, 3.05) is 11.9 Å². The smallest absolute Gasteiger partial charge is 0.0885 e. The maximum absolute atomic E-state index is 3.53. The molecule has 1 fully saturated rings. The molecule has 1 aliphatic heterocycles. The Labute approximate surface area is 83.4 Å². The average molecular weight is 196 g/mol. The van der Waals surface area contributed by atoms with Crippen molar-refractivity contribution in [3.8, 4) is 0 Å². The van der Waals surface area contributed by atoms with E-state index in [1.165, 1.54) is 11.4 Å². The first-order chi connectivity index (χ1) is 6.16. The number of nitrogens with one attached hydrogen (secondary N) is 2. The van der Waals surface area contributed by atoms with E-state index in [4.69, 9.17) is 0 Å². The van der Waals surface area contributed by atoms with E-state index >= 15 is 0 Å². The third-order valence-electron chi connectivity index (χ3n) is 2.45. The Morgan fingerprint density at radius 3 is 3.00 bits per heavy atom. The Bertz CT molecular complexity index is 266. The third-order valence-corrected chi connectivity index (χ3v) is 3.25. The average Bonchev–Trinajstić information content (AvgIpc) is 2.61. The van der Waals surface area contributed by atoms with Gasteiger partial charge in [-0.1, -0.05) is 0 Å². The molecule has 0 aliphatic carbocycles. The van der Waals surface area contributed by atoms with Crippen molar-refractivity contribution in [2.24, 2.45) is 0 Å². The maximum Gasteiger partial charge on any atom is 0.0885 e. The molecule has 0 saturated carbocycles. The van der Waals surface area contributed by atoms with Crippen molar-refractivity contribution in [3.63, 3.8) is 0 Å². The second-order valence-corrected chi connectivity index (χ2v) is 5.24. The molecule has 1 atom stereocenters. The lowest BCUT2D eigenvalue weighted by molar-refractivity contribution is 0.457. The monoisotopic (exact) mass is 196 g/mol. The van der Waals surface area contributed by atoms with E-state index in [9.17, 15) is 0 Å². The summed E-state index contributed by atoms with van der Waals surface area (Å²) in [6.07, 6.45) is 1.20. The van der Waals surface area contributed by atoms with Gasteiger partial charge in [-0.05, 0) is 37.8 Å². The highest BCUT2D eigenvalue weighted by molar-refractivity contribution is 7.14. The van der Waals surface area contributed by atoms with Crippen LogP contribution in [0.2, 0.25) is 0 Å². The molecule has 0 spiro atoms. The molecule has 1 aromatic heterocycles. The first-order valence-electron chi connectivity index (χ1n) is 4.71. The quantitative estimate of drug-likeness (QED) is 0.758. The molecule has 2 heterocycles. The zero-order valence-electron chi connectivity index (χ0n) is 8.13. The van der Waals surface area contributed by atoms with E-state index in [0.29, 0.717) is 11.6 Å². The van der Waals surface area contributed by atoms with Crippen molar-refractivity contribution < 1.29 is 0 Å². The molecule has 1 saturated heterocycles. The van der Waals surface area contributed by atoms with Gasteiger partial charge in [-0.2, -0.15) is 0 Å². The Hall–Kier alpha value is -0.540. The minimum Gasteiger partial charge on any atom is -0.373 e. The molecule has 1 unspecified atom stereocenters. The summed E-state index contributed by atoms with van der Waals surface area (Å²) >= 11 is 1.77. The van der Waals surface area contributed by atoms with Crippen LogP contribution in [-0.4, -0.2) is 18.1 Å². The topological polar surface area (TPSA) is 24.1 Å². The van der Waals surface area contributed by atoms with E-state index in [2.05, 4.69) is 42.0 Å². The summed E-state index contributed by atoms with van der Waals surface area (Å²) in [4.78, 5) is 0. The highest BCUT2D eigenvalue weighted by atomic mass is 32.1. The van der Waals surface area contributed by atoms with E-state index in [1.54, 1.807) is 11.3 Å². The van der Waals surface area contributed by atoms with Crippen LogP contribution in [0, 0.1) is 0 Å². The fourth-order valence-corrected chi connectivity index (χ4v) is 2.52. The van der Waals surface area contributed by atoms with Gasteiger partial charge in [0.2, 0.25) is 0 Å². The fraction of sp³-hybridized carbons (Fsp3) is 0.600. The summed E-state index contributed by atoms with van der Waals surface area (Å²) in [5.74, 6) is 0. The van der Waals surface area contributed by atoms with Crippen LogP contribution in [0.25, 0.3) is 0 Å². The summed E-state index contributed by atoms with van der Waals surface area (Å²) in [5, 5.41) is 10.4. The normalized spacial score (nSPS) is 26.2. The van der Waals surface area contributed by atoms with Gasteiger partial charge in [0.05, 0.1) is 5.00 Å². The molecule has 0 amide bonds. The van der Waals surface area contributed by atoms with Crippen molar-refractivity contribution in [1.29, 1.82) is 0 Å². The Morgan fingerprint density at radius 2 is 2.46 bits per heavy atom. The second-order valence-electron chi connectivity index (χ2n) is 4.29. The van der Waals surface area contributed by atoms with Gasteiger partial charge in [-0.3, -0.25) is 0 Å². The number of hydrogen-bond donors (Lipinski definition) is 2. The van der Waals surface area contributed by atoms with Crippen LogP contribution in [-0.2, 0) is 0 Å². The molecule has 13 heavy (non-hydrogen) atoms. The second kappa shape index (κ2) is 3.31. The maximum atomic E-state index is 3.53. The van der Waals surface area contributed by atoms with Gasteiger partial charge in [0, 0.05) is 18.1 Å². The van der Waals surface area contributed by atoms with Gasteiger partial charge in [0.25, 0.3) is 0 Å². The molecule has 1 aromatic rings. The summed E-state index contributed by atoms with van der Waals surface area (Å²) in [6, 6.07) is 4.81. The first-order valence-corrected chi connectivity index (χ1v) is 5.59. The molecule has 1 aliphatic rings. The number of anilines is 1. The predicted octanol–water partition coefficient (Wildman–Crippen LogP) is 2.30. The molecule has 2 rings (SSSR count). The Kier molecular flexibility index (Phi) is 2.30. The van der Waals surface area contributed by atoms with Gasteiger partial charge < -0.3 is 10.6 Å². The first kappa shape index (κ1) is 9.03. The molecule has 2 N–H and O–H groups in total. The van der Waals surface area contributed by atoms with Crippen LogP contribution in [0.4, 0.5) is 5.00 Å². The van der Waals surface area contributed by atoms with Crippen molar-refractivity contribution in [3.05, 3.63) is 17.5 Å². The number of rotatable bonds is 2. The summed E-state index contributed by atoms with van der Waals surface area (Å²) in [5.41, 5.74) is 0.301. The van der Waals surface area contributed by atoms with Crippen molar-refractivity contribution in [2.45, 2.75) is 31.8 Å². The molecular formula is C10H16N2S. The number of thiophene rings is 1. The van der Waals surface area contributed by atoms with E-state index < -0.39 is 0 Å². The molecule has 0 radical (unpaired) electrons. The molecule has 3 heteroatoms. The Balaban J connectivity index is 1.91.